The van der Waals surface area contributed by atoms with Crippen LogP contribution in [0.3, 0.4) is 0 Å². The fraction of sp³-hybridized carbons (Fsp3) is 0.273. The van der Waals surface area contributed by atoms with Crippen LogP contribution in [0.25, 0.3) is 5.70 Å². The van der Waals surface area contributed by atoms with Crippen LogP contribution in [0.2, 0.25) is 0 Å². The molecule has 1 unspecified atom stereocenters. The second-order valence-corrected chi connectivity index (χ2v) is 7.00. The van der Waals surface area contributed by atoms with E-state index in [9.17, 15) is 14.3 Å². The standard InChI is InChI=1S/C22H22ClFN2O3/c1-2-3-6-13-29-16-11-9-15(10-12-16)21-25-14-18(22(27)28)20(26(21)23)17-7-4-5-8-19(17)24/h4-5,7-12,14,21H,2-3,6,13H2,1H3,(H,27,28). The van der Waals surface area contributed by atoms with Gasteiger partial charge in [0.05, 0.1) is 12.3 Å². The zero-order valence-corrected chi connectivity index (χ0v) is 16.8. The lowest BCUT2D eigenvalue weighted by molar-refractivity contribution is -0.132. The number of rotatable bonds is 8. The molecule has 7 heteroatoms. The predicted molar refractivity (Wildman–Crippen MR) is 111 cm³/mol. The van der Waals surface area contributed by atoms with Crippen LogP contribution in [0.4, 0.5) is 4.39 Å². The van der Waals surface area contributed by atoms with Gasteiger partial charge in [-0.15, -0.1) is 0 Å². The minimum absolute atomic E-state index is 0.0668. The number of aliphatic carboxylic acids is 1. The Morgan fingerprint density at radius 2 is 1.93 bits per heavy atom. The van der Waals surface area contributed by atoms with Crippen molar-refractivity contribution in [3.05, 3.63) is 71.0 Å². The van der Waals surface area contributed by atoms with Gasteiger partial charge < -0.3 is 9.84 Å². The summed E-state index contributed by atoms with van der Waals surface area (Å²) in [5.74, 6) is -1.05. The number of halogens is 2. The Balaban J connectivity index is 1.85. The van der Waals surface area contributed by atoms with E-state index in [0.29, 0.717) is 6.61 Å². The van der Waals surface area contributed by atoms with E-state index in [2.05, 4.69) is 11.9 Å². The summed E-state index contributed by atoms with van der Waals surface area (Å²) >= 11 is 6.49. The molecule has 152 valence electrons. The first-order valence-corrected chi connectivity index (χ1v) is 9.80. The van der Waals surface area contributed by atoms with E-state index in [1.165, 1.54) is 28.8 Å². The number of ether oxygens (including phenoxy) is 1. The van der Waals surface area contributed by atoms with Crippen LogP contribution in [-0.2, 0) is 4.79 Å². The Bertz CT molecular complexity index is 928. The van der Waals surface area contributed by atoms with E-state index in [1.54, 1.807) is 6.07 Å². The van der Waals surface area contributed by atoms with E-state index in [1.807, 2.05) is 24.3 Å². The average molecular weight is 417 g/mol. The quantitative estimate of drug-likeness (QED) is 0.460. The van der Waals surface area contributed by atoms with Crippen molar-refractivity contribution in [2.45, 2.75) is 32.4 Å². The third-order valence-electron chi connectivity index (χ3n) is 4.58. The van der Waals surface area contributed by atoms with Gasteiger partial charge in [-0.2, -0.15) is 0 Å². The summed E-state index contributed by atoms with van der Waals surface area (Å²) in [5, 5.41) is 9.52. The van der Waals surface area contributed by atoms with E-state index < -0.39 is 18.0 Å². The van der Waals surface area contributed by atoms with Crippen LogP contribution in [-0.4, -0.2) is 28.3 Å². The van der Waals surface area contributed by atoms with Crippen molar-refractivity contribution in [2.24, 2.45) is 4.99 Å². The van der Waals surface area contributed by atoms with Gasteiger partial charge in [-0.1, -0.05) is 44.0 Å². The minimum Gasteiger partial charge on any atom is -0.494 e. The van der Waals surface area contributed by atoms with Gasteiger partial charge in [0, 0.05) is 23.6 Å². The Morgan fingerprint density at radius 1 is 1.21 bits per heavy atom. The zero-order chi connectivity index (χ0) is 20.8. The molecule has 2 aromatic carbocycles. The lowest BCUT2D eigenvalue weighted by Gasteiger charge is -2.30. The van der Waals surface area contributed by atoms with E-state index in [0.717, 1.165) is 30.6 Å². The van der Waals surface area contributed by atoms with Crippen molar-refractivity contribution in [3.63, 3.8) is 0 Å². The topological polar surface area (TPSA) is 62.1 Å². The molecule has 0 bridgehead atoms. The Kier molecular flexibility index (Phi) is 6.88. The van der Waals surface area contributed by atoms with Crippen LogP contribution < -0.4 is 4.74 Å². The molecule has 2 aromatic rings. The molecule has 0 amide bonds. The Morgan fingerprint density at radius 3 is 2.59 bits per heavy atom. The SMILES string of the molecule is CCCCCOc1ccc(C2N=CC(C(=O)O)=C(c3ccccc3F)N2Cl)cc1. The Hall–Kier alpha value is -2.86. The van der Waals surface area contributed by atoms with Crippen LogP contribution in [0.15, 0.2) is 59.1 Å². The second kappa shape index (κ2) is 9.56. The molecular weight excluding hydrogens is 395 g/mol. The van der Waals surface area contributed by atoms with E-state index >= 15 is 0 Å². The highest BCUT2D eigenvalue weighted by Crippen LogP contribution is 2.38. The van der Waals surface area contributed by atoms with Crippen LogP contribution in [0, 0.1) is 5.82 Å². The van der Waals surface area contributed by atoms with Gasteiger partial charge in [0.25, 0.3) is 0 Å². The molecule has 0 radical (unpaired) electrons. The first-order chi connectivity index (χ1) is 14.0. The van der Waals surface area contributed by atoms with Gasteiger partial charge in [-0.25, -0.2) is 9.18 Å². The number of carboxylic acid groups (broad SMARTS) is 1. The molecule has 29 heavy (non-hydrogen) atoms. The number of benzene rings is 2. The van der Waals surface area contributed by atoms with Crippen molar-refractivity contribution in [1.29, 1.82) is 0 Å². The van der Waals surface area contributed by atoms with Crippen LogP contribution in [0.5, 0.6) is 5.75 Å². The van der Waals surface area contributed by atoms with Crippen molar-refractivity contribution in [2.75, 3.05) is 6.61 Å². The van der Waals surface area contributed by atoms with Crippen molar-refractivity contribution >= 4 is 29.7 Å². The van der Waals surface area contributed by atoms with E-state index in [-0.39, 0.29) is 16.8 Å². The summed E-state index contributed by atoms with van der Waals surface area (Å²) in [5.41, 5.74) is 0.733. The zero-order valence-electron chi connectivity index (χ0n) is 16.0. The van der Waals surface area contributed by atoms with Gasteiger partial charge in [0.15, 0.2) is 6.17 Å². The number of unbranched alkanes of at least 4 members (excludes halogenated alkanes) is 2. The molecule has 0 fully saturated rings. The second-order valence-electron chi connectivity index (χ2n) is 6.63. The van der Waals surface area contributed by atoms with Crippen molar-refractivity contribution in [1.82, 2.24) is 4.42 Å². The summed E-state index contributed by atoms with van der Waals surface area (Å²) in [6.07, 6.45) is 3.78. The normalized spacial score (nSPS) is 16.2. The maximum atomic E-state index is 14.4. The number of aliphatic imine (C=N–C) groups is 1. The van der Waals surface area contributed by atoms with E-state index in [4.69, 9.17) is 16.5 Å². The van der Waals surface area contributed by atoms with Gasteiger partial charge in [0.1, 0.15) is 17.1 Å². The molecule has 3 rings (SSSR count). The first kappa shape index (κ1) is 20.9. The summed E-state index contributed by atoms with van der Waals surface area (Å²) in [7, 11) is 0. The number of carboxylic acids is 1. The maximum Gasteiger partial charge on any atom is 0.339 e. The average Bonchev–Trinajstić information content (AvgIpc) is 2.72. The lowest BCUT2D eigenvalue weighted by Crippen LogP contribution is -2.25. The highest BCUT2D eigenvalue weighted by atomic mass is 35.5. The minimum atomic E-state index is -1.23. The molecule has 0 saturated carbocycles. The van der Waals surface area contributed by atoms with Gasteiger partial charge >= 0.3 is 5.97 Å². The fourth-order valence-corrected chi connectivity index (χ4v) is 3.41. The maximum absolute atomic E-state index is 14.4. The van der Waals surface area contributed by atoms with Crippen molar-refractivity contribution < 1.29 is 19.0 Å². The molecule has 1 N–H and O–H groups in total. The lowest BCUT2D eigenvalue weighted by atomic mass is 10.0. The van der Waals surface area contributed by atoms with Crippen LogP contribution >= 0.6 is 11.8 Å². The molecule has 5 nitrogen and oxygen atoms in total. The summed E-state index contributed by atoms with van der Waals surface area (Å²) < 4.78 is 21.2. The highest BCUT2D eigenvalue weighted by Gasteiger charge is 2.31. The molecule has 1 aliphatic heterocycles. The van der Waals surface area contributed by atoms with Gasteiger partial charge in [0.2, 0.25) is 0 Å². The molecule has 0 saturated heterocycles. The molecule has 1 atom stereocenters. The Labute approximate surface area is 174 Å². The number of hydrogen-bond donors (Lipinski definition) is 1. The van der Waals surface area contributed by atoms with Gasteiger partial charge in [-0.3, -0.25) is 9.41 Å². The largest absolute Gasteiger partial charge is 0.494 e. The summed E-state index contributed by atoms with van der Waals surface area (Å²) in [6, 6.07) is 13.2. The summed E-state index contributed by atoms with van der Waals surface area (Å²) in [6.45, 7) is 2.79. The number of nitrogens with zero attached hydrogens (tertiary/aromatic N) is 2. The fourth-order valence-electron chi connectivity index (χ4n) is 3.07. The number of carbonyl (C=O) groups is 1. The summed E-state index contributed by atoms with van der Waals surface area (Å²) in [4.78, 5) is 15.9. The third-order valence-corrected chi connectivity index (χ3v) is 4.94. The van der Waals surface area contributed by atoms with Crippen LogP contribution in [0.1, 0.15) is 43.5 Å². The third kappa shape index (κ3) is 4.77. The molecule has 0 aromatic heterocycles. The molecular formula is C22H22ClFN2O3. The van der Waals surface area contributed by atoms with Crippen molar-refractivity contribution in [3.8, 4) is 5.75 Å². The van der Waals surface area contributed by atoms with Gasteiger partial charge in [-0.05, 0) is 36.2 Å². The monoisotopic (exact) mass is 416 g/mol. The predicted octanol–water partition coefficient (Wildman–Crippen LogP) is 5.43. The molecule has 0 aliphatic carbocycles. The molecule has 1 heterocycles. The molecule has 0 spiro atoms. The first-order valence-electron chi connectivity index (χ1n) is 9.46. The highest BCUT2D eigenvalue weighted by molar-refractivity contribution is 6.24. The number of hydrogen-bond acceptors (Lipinski definition) is 4. The molecule has 1 aliphatic rings. The smallest absolute Gasteiger partial charge is 0.339 e.